The molecule has 0 unspecified atom stereocenters. The van der Waals surface area contributed by atoms with Gasteiger partial charge < -0.3 is 14.8 Å². The second kappa shape index (κ2) is 8.41. The highest BCUT2D eigenvalue weighted by atomic mass is 32.2. The molecule has 1 amide bonds. The highest BCUT2D eigenvalue weighted by Crippen LogP contribution is 2.36. The number of benzene rings is 2. The van der Waals surface area contributed by atoms with Crippen LogP contribution in [0.15, 0.2) is 35.2 Å². The van der Waals surface area contributed by atoms with Crippen molar-refractivity contribution in [1.82, 2.24) is 9.62 Å². The molecule has 1 fully saturated rings. The van der Waals surface area contributed by atoms with Crippen molar-refractivity contribution in [3.05, 3.63) is 52.6 Å². The third-order valence-electron chi connectivity index (χ3n) is 6.47. The average molecular weight is 459 g/mol. The first-order valence-electron chi connectivity index (χ1n) is 10.8. The summed E-state index contributed by atoms with van der Waals surface area (Å²) in [6.45, 7) is 8.79. The third kappa shape index (κ3) is 4.21. The zero-order valence-electron chi connectivity index (χ0n) is 19.0. The van der Waals surface area contributed by atoms with Gasteiger partial charge in [0.2, 0.25) is 22.7 Å². The maximum absolute atomic E-state index is 13.3. The summed E-state index contributed by atoms with van der Waals surface area (Å²) in [6.07, 6.45) is 0.951. The maximum Gasteiger partial charge on any atom is 0.243 e. The molecule has 32 heavy (non-hydrogen) atoms. The van der Waals surface area contributed by atoms with E-state index in [-0.39, 0.29) is 12.7 Å². The van der Waals surface area contributed by atoms with Crippen LogP contribution in [0.2, 0.25) is 0 Å². The molecule has 172 valence electrons. The van der Waals surface area contributed by atoms with Gasteiger partial charge in [-0.15, -0.1) is 0 Å². The van der Waals surface area contributed by atoms with Gasteiger partial charge in [0.25, 0.3) is 0 Å². The van der Waals surface area contributed by atoms with Crippen LogP contribution in [0.4, 0.5) is 0 Å². The molecule has 0 spiro atoms. The number of hydrogen-bond donors (Lipinski definition) is 1. The van der Waals surface area contributed by atoms with Crippen LogP contribution < -0.4 is 14.8 Å². The lowest BCUT2D eigenvalue weighted by atomic mass is 9.80. The minimum absolute atomic E-state index is 0.0603. The molecule has 0 radical (unpaired) electrons. The summed E-state index contributed by atoms with van der Waals surface area (Å²) in [5, 5.41) is 3.01. The molecule has 4 rings (SSSR count). The van der Waals surface area contributed by atoms with Gasteiger partial charge in [0.1, 0.15) is 0 Å². The van der Waals surface area contributed by atoms with Gasteiger partial charge in [0, 0.05) is 25.0 Å². The summed E-state index contributed by atoms with van der Waals surface area (Å²) in [7, 11) is -3.60. The minimum atomic E-state index is -3.60. The summed E-state index contributed by atoms with van der Waals surface area (Å²) in [4.78, 5) is 13.4. The van der Waals surface area contributed by atoms with Crippen LogP contribution in [0.5, 0.6) is 11.5 Å². The van der Waals surface area contributed by atoms with E-state index < -0.39 is 15.4 Å². The summed E-state index contributed by atoms with van der Waals surface area (Å²) in [6, 6.07) is 9.41. The number of amides is 1. The lowest BCUT2D eigenvalue weighted by molar-refractivity contribution is -0.132. The fourth-order valence-electron chi connectivity index (χ4n) is 4.60. The smallest absolute Gasteiger partial charge is 0.243 e. The molecule has 8 heteroatoms. The van der Waals surface area contributed by atoms with Gasteiger partial charge in [-0.05, 0) is 62.4 Å². The monoisotopic (exact) mass is 458 g/mol. The number of piperidine rings is 1. The Morgan fingerprint density at radius 3 is 2.31 bits per heavy atom. The molecule has 0 atom stereocenters. The van der Waals surface area contributed by atoms with Gasteiger partial charge in [0.05, 0.1) is 4.90 Å². The fraction of sp³-hybridized carbons (Fsp3) is 0.458. The Hall–Kier alpha value is -2.58. The highest BCUT2D eigenvalue weighted by molar-refractivity contribution is 7.89. The van der Waals surface area contributed by atoms with Gasteiger partial charge in [-0.2, -0.15) is 4.31 Å². The standard InChI is InChI=1S/C24H30N2O5S/c1-16-11-17(2)22(18(3)12-16)32(28,29)26-9-7-24(4,8-10-26)23(27)25-14-19-5-6-20-21(13-19)31-15-30-20/h5-6,11-13H,7-10,14-15H2,1-4H3,(H,25,27). The molecule has 0 aromatic heterocycles. The van der Waals surface area contributed by atoms with E-state index in [1.165, 1.54) is 4.31 Å². The van der Waals surface area contributed by atoms with E-state index in [2.05, 4.69) is 5.32 Å². The second-order valence-electron chi connectivity index (χ2n) is 9.06. The summed E-state index contributed by atoms with van der Waals surface area (Å²) in [5.74, 6) is 1.33. The SMILES string of the molecule is Cc1cc(C)c(S(=O)(=O)N2CCC(C)(C(=O)NCc3ccc4c(c3)OCO4)CC2)c(C)c1. The molecule has 0 bridgehead atoms. The summed E-state index contributed by atoms with van der Waals surface area (Å²) >= 11 is 0. The molecule has 7 nitrogen and oxygen atoms in total. The van der Waals surface area contributed by atoms with Crippen LogP contribution in [0.1, 0.15) is 42.0 Å². The quantitative estimate of drug-likeness (QED) is 0.742. The van der Waals surface area contributed by atoms with Gasteiger partial charge in [0.15, 0.2) is 11.5 Å². The summed E-state index contributed by atoms with van der Waals surface area (Å²) < 4.78 is 38.9. The van der Waals surface area contributed by atoms with E-state index >= 15 is 0 Å². The van der Waals surface area contributed by atoms with E-state index in [0.717, 1.165) is 22.3 Å². The molecule has 1 saturated heterocycles. The second-order valence-corrected chi connectivity index (χ2v) is 10.9. The van der Waals surface area contributed by atoms with Crippen molar-refractivity contribution in [3.8, 4) is 11.5 Å². The Balaban J connectivity index is 1.40. The van der Waals surface area contributed by atoms with Gasteiger partial charge in [-0.25, -0.2) is 8.42 Å². The van der Waals surface area contributed by atoms with Crippen LogP contribution in [0.3, 0.4) is 0 Å². The molecule has 2 aromatic carbocycles. The Kier molecular flexibility index (Phi) is 5.94. The maximum atomic E-state index is 13.3. The lowest BCUT2D eigenvalue weighted by Crippen LogP contribution is -2.48. The van der Waals surface area contributed by atoms with Crippen LogP contribution >= 0.6 is 0 Å². The predicted octanol–water partition coefficient (Wildman–Crippen LogP) is 3.45. The minimum Gasteiger partial charge on any atom is -0.454 e. The van der Waals surface area contributed by atoms with E-state index in [1.807, 2.05) is 58.0 Å². The fourth-order valence-corrected chi connectivity index (χ4v) is 6.45. The van der Waals surface area contributed by atoms with Crippen molar-refractivity contribution in [3.63, 3.8) is 0 Å². The van der Waals surface area contributed by atoms with Crippen molar-refractivity contribution in [1.29, 1.82) is 0 Å². The molecular weight excluding hydrogens is 428 g/mol. The van der Waals surface area contributed by atoms with Crippen molar-refractivity contribution in [2.45, 2.75) is 52.0 Å². The van der Waals surface area contributed by atoms with Crippen LogP contribution in [-0.4, -0.2) is 38.5 Å². The molecule has 0 saturated carbocycles. The zero-order chi connectivity index (χ0) is 23.1. The predicted molar refractivity (Wildman–Crippen MR) is 121 cm³/mol. The number of carbonyl (C=O) groups excluding carboxylic acids is 1. The Morgan fingerprint density at radius 1 is 1.03 bits per heavy atom. The number of sulfonamides is 1. The van der Waals surface area contributed by atoms with Crippen LogP contribution in [-0.2, 0) is 21.4 Å². The molecule has 2 aliphatic rings. The normalized spacial score (nSPS) is 17.9. The first-order chi connectivity index (χ1) is 15.1. The van der Waals surface area contributed by atoms with Crippen molar-refractivity contribution in [2.75, 3.05) is 19.9 Å². The molecule has 2 aliphatic heterocycles. The molecule has 0 aliphatic carbocycles. The summed E-state index contributed by atoms with van der Waals surface area (Å²) in [5.41, 5.74) is 2.88. The Morgan fingerprint density at radius 2 is 1.66 bits per heavy atom. The van der Waals surface area contributed by atoms with Gasteiger partial charge >= 0.3 is 0 Å². The Bertz CT molecular complexity index is 1130. The van der Waals surface area contributed by atoms with E-state index in [9.17, 15) is 13.2 Å². The van der Waals surface area contributed by atoms with E-state index in [1.54, 1.807) is 0 Å². The average Bonchev–Trinajstić information content (AvgIpc) is 3.19. The number of carbonyl (C=O) groups is 1. The first kappa shape index (κ1) is 22.6. The molecular formula is C24H30N2O5S. The number of rotatable bonds is 5. The van der Waals surface area contributed by atoms with Gasteiger partial charge in [-0.1, -0.05) is 30.7 Å². The van der Waals surface area contributed by atoms with E-state index in [0.29, 0.717) is 48.9 Å². The lowest BCUT2D eigenvalue weighted by Gasteiger charge is -2.38. The number of aryl methyl sites for hydroxylation is 3. The number of nitrogens with zero attached hydrogens (tertiary/aromatic N) is 1. The topological polar surface area (TPSA) is 84.9 Å². The highest BCUT2D eigenvalue weighted by Gasteiger charge is 2.40. The first-order valence-corrected chi connectivity index (χ1v) is 12.3. The Labute approximate surface area is 189 Å². The van der Waals surface area contributed by atoms with Crippen LogP contribution in [0.25, 0.3) is 0 Å². The van der Waals surface area contributed by atoms with Gasteiger partial charge in [-0.3, -0.25) is 4.79 Å². The molecule has 2 aromatic rings. The van der Waals surface area contributed by atoms with Crippen molar-refractivity contribution < 1.29 is 22.7 Å². The number of hydrogen-bond acceptors (Lipinski definition) is 5. The van der Waals surface area contributed by atoms with Crippen molar-refractivity contribution >= 4 is 15.9 Å². The molecule has 1 N–H and O–H groups in total. The third-order valence-corrected chi connectivity index (χ3v) is 8.67. The van der Waals surface area contributed by atoms with Crippen molar-refractivity contribution in [2.24, 2.45) is 5.41 Å². The van der Waals surface area contributed by atoms with E-state index in [4.69, 9.17) is 9.47 Å². The number of nitrogens with one attached hydrogen (secondary N) is 1. The largest absolute Gasteiger partial charge is 0.454 e. The zero-order valence-corrected chi connectivity index (χ0v) is 19.8. The molecule has 2 heterocycles. The van der Waals surface area contributed by atoms with Crippen LogP contribution in [0, 0.1) is 26.2 Å². The number of fused-ring (bicyclic) bond motifs is 1. The number of ether oxygens (including phenoxy) is 2.